The maximum absolute atomic E-state index is 13.6. The van der Waals surface area contributed by atoms with Gasteiger partial charge in [-0.15, -0.1) is 0 Å². The van der Waals surface area contributed by atoms with Crippen molar-refractivity contribution in [3.63, 3.8) is 0 Å². The van der Waals surface area contributed by atoms with E-state index in [1.807, 2.05) is 0 Å². The molecule has 0 nitrogen and oxygen atoms in total. The molecule has 0 atom stereocenters. The lowest BCUT2D eigenvalue weighted by Gasteiger charge is -2.10. The average molecular weight is 388 g/mol. The standard InChI is InChI=1S/C12H3F6I/c13-4-1-2-6(19)5(3-4)7-8(14)10(16)12(18)11(17)9(7)15/h1-3H. The molecule has 2 aromatic carbocycles. The van der Waals surface area contributed by atoms with E-state index in [2.05, 4.69) is 0 Å². The number of rotatable bonds is 1. The van der Waals surface area contributed by atoms with Gasteiger partial charge in [0.2, 0.25) is 5.82 Å². The van der Waals surface area contributed by atoms with Crippen LogP contribution in [0.3, 0.4) is 0 Å². The highest BCUT2D eigenvalue weighted by Gasteiger charge is 2.27. The quantitative estimate of drug-likeness (QED) is 0.285. The minimum Gasteiger partial charge on any atom is -0.207 e. The van der Waals surface area contributed by atoms with E-state index in [0.29, 0.717) is 6.07 Å². The maximum Gasteiger partial charge on any atom is 0.200 e. The fourth-order valence-corrected chi connectivity index (χ4v) is 2.14. The molecular formula is C12H3F6I. The molecule has 2 aromatic rings. The van der Waals surface area contributed by atoms with E-state index in [9.17, 15) is 26.3 Å². The number of hydrogen-bond acceptors (Lipinski definition) is 0. The van der Waals surface area contributed by atoms with Crippen molar-refractivity contribution in [2.75, 3.05) is 0 Å². The molecule has 0 radical (unpaired) electrons. The molecule has 2 rings (SSSR count). The van der Waals surface area contributed by atoms with Crippen molar-refractivity contribution in [2.45, 2.75) is 0 Å². The van der Waals surface area contributed by atoms with Crippen LogP contribution in [-0.4, -0.2) is 0 Å². The average Bonchev–Trinajstić information content (AvgIpc) is 2.38. The second-order valence-corrected chi connectivity index (χ2v) is 4.73. The third-order valence-corrected chi connectivity index (χ3v) is 3.35. The summed E-state index contributed by atoms with van der Waals surface area (Å²) in [6.07, 6.45) is 0. The van der Waals surface area contributed by atoms with Gasteiger partial charge in [-0.1, -0.05) is 0 Å². The van der Waals surface area contributed by atoms with E-state index >= 15 is 0 Å². The smallest absolute Gasteiger partial charge is 0.200 e. The van der Waals surface area contributed by atoms with E-state index < -0.39 is 46.0 Å². The molecule has 0 aliphatic heterocycles. The lowest BCUT2D eigenvalue weighted by atomic mass is 10.0. The molecule has 0 saturated carbocycles. The molecule has 0 heterocycles. The van der Waals surface area contributed by atoms with Crippen LogP contribution in [0, 0.1) is 38.5 Å². The Hall–Kier alpha value is -1.25. The zero-order valence-corrected chi connectivity index (χ0v) is 11.0. The Balaban J connectivity index is 2.87. The van der Waals surface area contributed by atoms with Crippen molar-refractivity contribution >= 4 is 22.6 Å². The van der Waals surface area contributed by atoms with Crippen molar-refractivity contribution < 1.29 is 26.3 Å². The van der Waals surface area contributed by atoms with E-state index in [0.717, 1.165) is 6.07 Å². The number of hydrogen-bond donors (Lipinski definition) is 0. The van der Waals surface area contributed by atoms with Gasteiger partial charge in [-0.2, -0.15) is 0 Å². The minimum atomic E-state index is -2.25. The predicted molar refractivity (Wildman–Crippen MR) is 64.3 cm³/mol. The summed E-state index contributed by atoms with van der Waals surface area (Å²) < 4.78 is 79.3. The summed E-state index contributed by atoms with van der Waals surface area (Å²) in [7, 11) is 0. The van der Waals surface area contributed by atoms with E-state index in [4.69, 9.17) is 0 Å². The molecule has 100 valence electrons. The van der Waals surface area contributed by atoms with Gasteiger partial charge in [0.1, 0.15) is 5.82 Å². The summed E-state index contributed by atoms with van der Waals surface area (Å²) in [5, 5.41) is 0. The van der Waals surface area contributed by atoms with Crippen molar-refractivity contribution in [1.29, 1.82) is 0 Å². The monoisotopic (exact) mass is 388 g/mol. The molecule has 0 amide bonds. The van der Waals surface area contributed by atoms with Crippen LogP contribution in [0.4, 0.5) is 26.3 Å². The van der Waals surface area contributed by atoms with Crippen LogP contribution in [0.2, 0.25) is 0 Å². The molecule has 0 N–H and O–H groups in total. The van der Waals surface area contributed by atoms with Crippen LogP contribution in [0.1, 0.15) is 0 Å². The normalized spacial score (nSPS) is 10.9. The van der Waals surface area contributed by atoms with Crippen molar-refractivity contribution in [1.82, 2.24) is 0 Å². The van der Waals surface area contributed by atoms with Gasteiger partial charge < -0.3 is 0 Å². The van der Waals surface area contributed by atoms with Crippen LogP contribution in [0.5, 0.6) is 0 Å². The Morgan fingerprint density at radius 1 is 0.684 bits per heavy atom. The number of halogens is 7. The molecule has 0 fully saturated rings. The predicted octanol–water partition coefficient (Wildman–Crippen LogP) is 4.79. The Morgan fingerprint density at radius 3 is 1.68 bits per heavy atom. The van der Waals surface area contributed by atoms with Crippen molar-refractivity contribution in [3.05, 3.63) is 56.7 Å². The van der Waals surface area contributed by atoms with Gasteiger partial charge in [-0.05, 0) is 40.8 Å². The van der Waals surface area contributed by atoms with Crippen LogP contribution in [-0.2, 0) is 0 Å². The van der Waals surface area contributed by atoms with Crippen molar-refractivity contribution in [2.24, 2.45) is 0 Å². The zero-order valence-electron chi connectivity index (χ0n) is 8.88. The van der Waals surface area contributed by atoms with Gasteiger partial charge in [0, 0.05) is 9.13 Å². The van der Waals surface area contributed by atoms with Gasteiger partial charge in [-0.3, -0.25) is 0 Å². The Kier molecular flexibility index (Phi) is 3.75. The van der Waals surface area contributed by atoms with Crippen LogP contribution >= 0.6 is 22.6 Å². The van der Waals surface area contributed by atoms with Gasteiger partial charge in [-0.25, -0.2) is 26.3 Å². The Labute approximate surface area is 117 Å². The van der Waals surface area contributed by atoms with Gasteiger partial charge in [0.25, 0.3) is 0 Å². The highest BCUT2D eigenvalue weighted by molar-refractivity contribution is 14.1. The topological polar surface area (TPSA) is 0 Å². The molecule has 0 aliphatic rings. The fourth-order valence-electron chi connectivity index (χ4n) is 1.53. The molecule has 7 heteroatoms. The molecule has 0 aliphatic carbocycles. The van der Waals surface area contributed by atoms with E-state index in [-0.39, 0.29) is 3.57 Å². The molecule has 0 bridgehead atoms. The summed E-state index contributed by atoms with van der Waals surface area (Å²) in [5.74, 6) is -11.2. The maximum atomic E-state index is 13.6. The van der Waals surface area contributed by atoms with Crippen molar-refractivity contribution in [3.8, 4) is 11.1 Å². The summed E-state index contributed by atoms with van der Waals surface area (Å²) >= 11 is 1.61. The van der Waals surface area contributed by atoms with E-state index in [1.165, 1.54) is 6.07 Å². The minimum absolute atomic E-state index is 0.155. The lowest BCUT2D eigenvalue weighted by Crippen LogP contribution is -2.05. The second kappa shape index (κ2) is 5.03. The van der Waals surface area contributed by atoms with E-state index in [1.54, 1.807) is 22.6 Å². The summed E-state index contributed by atoms with van der Waals surface area (Å²) in [6.45, 7) is 0. The highest BCUT2D eigenvalue weighted by Crippen LogP contribution is 2.34. The summed E-state index contributed by atoms with van der Waals surface area (Å²) in [5.41, 5.74) is -1.53. The molecule has 19 heavy (non-hydrogen) atoms. The molecular weight excluding hydrogens is 385 g/mol. The first-order chi connectivity index (χ1) is 8.84. The molecule has 0 unspecified atom stereocenters. The Morgan fingerprint density at radius 2 is 1.16 bits per heavy atom. The number of benzene rings is 2. The summed E-state index contributed by atoms with van der Waals surface area (Å²) in [6, 6.07) is 2.89. The third kappa shape index (κ3) is 2.31. The highest BCUT2D eigenvalue weighted by atomic mass is 127. The van der Waals surface area contributed by atoms with Gasteiger partial charge in [0.15, 0.2) is 23.3 Å². The first kappa shape index (κ1) is 14.2. The van der Waals surface area contributed by atoms with Crippen LogP contribution < -0.4 is 0 Å². The SMILES string of the molecule is Fc1ccc(I)c(-c2c(F)c(F)c(F)c(F)c2F)c1. The largest absolute Gasteiger partial charge is 0.207 e. The van der Waals surface area contributed by atoms with Crippen LogP contribution in [0.25, 0.3) is 11.1 Å². The fraction of sp³-hybridized carbons (Fsp3) is 0. The molecule has 0 saturated heterocycles. The second-order valence-electron chi connectivity index (χ2n) is 3.57. The van der Waals surface area contributed by atoms with Gasteiger partial charge >= 0.3 is 0 Å². The Bertz CT molecular complexity index is 639. The lowest BCUT2D eigenvalue weighted by molar-refractivity contribution is 0.381. The third-order valence-electron chi connectivity index (χ3n) is 2.41. The van der Waals surface area contributed by atoms with Crippen LogP contribution in [0.15, 0.2) is 18.2 Å². The zero-order chi connectivity index (χ0) is 14.3. The molecule has 0 spiro atoms. The van der Waals surface area contributed by atoms with Gasteiger partial charge in [0.05, 0.1) is 5.56 Å². The molecule has 0 aromatic heterocycles. The summed E-state index contributed by atoms with van der Waals surface area (Å²) in [4.78, 5) is 0. The first-order valence-electron chi connectivity index (χ1n) is 4.81. The first-order valence-corrected chi connectivity index (χ1v) is 5.89.